The summed E-state index contributed by atoms with van der Waals surface area (Å²) in [7, 11) is 5.28. The van der Waals surface area contributed by atoms with Crippen molar-refractivity contribution in [3.8, 4) is 5.75 Å². The molecule has 0 aliphatic carbocycles. The van der Waals surface area contributed by atoms with E-state index in [4.69, 9.17) is 18.9 Å². The lowest BCUT2D eigenvalue weighted by molar-refractivity contribution is 0.0480. The van der Waals surface area contributed by atoms with Gasteiger partial charge in [0.05, 0.1) is 26.9 Å². The third kappa shape index (κ3) is 7.43. The van der Waals surface area contributed by atoms with Crippen molar-refractivity contribution in [2.45, 2.75) is 19.6 Å². The predicted molar refractivity (Wildman–Crippen MR) is 82.7 cm³/mol. The molecule has 0 saturated carbocycles. The van der Waals surface area contributed by atoms with E-state index < -0.39 is 0 Å². The smallest absolute Gasteiger partial charge is 0.124 e. The highest BCUT2D eigenvalue weighted by molar-refractivity contribution is 5.36. The van der Waals surface area contributed by atoms with Crippen LogP contribution in [0.1, 0.15) is 17.5 Å². The van der Waals surface area contributed by atoms with E-state index >= 15 is 0 Å². The van der Waals surface area contributed by atoms with Crippen molar-refractivity contribution >= 4 is 0 Å². The Morgan fingerprint density at radius 1 is 1.00 bits per heavy atom. The number of ether oxygens (including phenoxy) is 4. The van der Waals surface area contributed by atoms with Crippen LogP contribution in [0, 0.1) is 0 Å². The summed E-state index contributed by atoms with van der Waals surface area (Å²) in [6.07, 6.45) is 0.877. The van der Waals surface area contributed by atoms with Gasteiger partial charge >= 0.3 is 0 Å². The molecule has 5 nitrogen and oxygen atoms in total. The first-order valence-electron chi connectivity index (χ1n) is 7.26. The zero-order valence-corrected chi connectivity index (χ0v) is 13.3. The topological polar surface area (TPSA) is 49.0 Å². The van der Waals surface area contributed by atoms with Crippen LogP contribution in [0.3, 0.4) is 0 Å². The average molecular weight is 297 g/mol. The van der Waals surface area contributed by atoms with Gasteiger partial charge in [-0.25, -0.2) is 0 Å². The molecule has 0 aliphatic rings. The third-order valence-corrected chi connectivity index (χ3v) is 2.99. The van der Waals surface area contributed by atoms with Crippen molar-refractivity contribution in [3.05, 3.63) is 29.3 Å². The van der Waals surface area contributed by atoms with Gasteiger partial charge in [-0.15, -0.1) is 0 Å². The van der Waals surface area contributed by atoms with Crippen LogP contribution in [0.2, 0.25) is 0 Å². The summed E-state index contributed by atoms with van der Waals surface area (Å²) in [5.74, 6) is 0.867. The molecule has 0 spiro atoms. The van der Waals surface area contributed by atoms with E-state index in [1.807, 2.05) is 13.1 Å². The molecular formula is C16H27NO4. The van der Waals surface area contributed by atoms with Gasteiger partial charge in [-0.1, -0.05) is 6.07 Å². The fourth-order valence-corrected chi connectivity index (χ4v) is 1.95. The second-order valence-corrected chi connectivity index (χ2v) is 4.69. The van der Waals surface area contributed by atoms with E-state index in [9.17, 15) is 0 Å². The van der Waals surface area contributed by atoms with E-state index in [0.717, 1.165) is 24.3 Å². The van der Waals surface area contributed by atoms with E-state index in [1.54, 1.807) is 14.2 Å². The van der Waals surface area contributed by atoms with Crippen LogP contribution in [0.25, 0.3) is 0 Å². The second-order valence-electron chi connectivity index (χ2n) is 4.69. The molecular weight excluding hydrogens is 270 g/mol. The highest BCUT2D eigenvalue weighted by atomic mass is 16.5. The number of hydrogen-bond donors (Lipinski definition) is 1. The zero-order chi connectivity index (χ0) is 15.3. The van der Waals surface area contributed by atoms with Gasteiger partial charge in [0, 0.05) is 32.4 Å². The third-order valence-electron chi connectivity index (χ3n) is 2.99. The standard InChI is InChI=1S/C16H27NO4/c1-17-12-14-5-6-16(19-3)15(11-14)13-21-8-4-7-20-10-9-18-2/h5-6,11,17H,4,7-10,12-13H2,1-3H3. The Bertz CT molecular complexity index is 385. The van der Waals surface area contributed by atoms with Crippen LogP contribution >= 0.6 is 0 Å². The van der Waals surface area contributed by atoms with Gasteiger partial charge in [0.25, 0.3) is 0 Å². The SMILES string of the molecule is CNCc1ccc(OC)c(COCCCOCCOC)c1. The minimum Gasteiger partial charge on any atom is -0.496 e. The van der Waals surface area contributed by atoms with Crippen molar-refractivity contribution in [3.63, 3.8) is 0 Å². The minimum atomic E-state index is 0.554. The predicted octanol–water partition coefficient (Wildman–Crippen LogP) is 1.98. The van der Waals surface area contributed by atoms with Crippen molar-refractivity contribution in [2.24, 2.45) is 0 Å². The number of methoxy groups -OCH3 is 2. The molecule has 0 saturated heterocycles. The maximum Gasteiger partial charge on any atom is 0.124 e. The molecule has 0 fully saturated rings. The summed E-state index contributed by atoms with van der Waals surface area (Å²) < 4.78 is 21.3. The molecule has 0 radical (unpaired) electrons. The number of rotatable bonds is 12. The number of benzene rings is 1. The lowest BCUT2D eigenvalue weighted by atomic mass is 10.1. The lowest BCUT2D eigenvalue weighted by Gasteiger charge is -2.11. The normalized spacial score (nSPS) is 10.8. The van der Waals surface area contributed by atoms with Crippen molar-refractivity contribution in [1.29, 1.82) is 0 Å². The van der Waals surface area contributed by atoms with Gasteiger partial charge in [-0.3, -0.25) is 0 Å². The molecule has 0 atom stereocenters. The molecule has 0 aromatic heterocycles. The fraction of sp³-hybridized carbons (Fsp3) is 0.625. The monoisotopic (exact) mass is 297 g/mol. The molecule has 0 unspecified atom stereocenters. The van der Waals surface area contributed by atoms with E-state index in [0.29, 0.717) is 33.0 Å². The van der Waals surface area contributed by atoms with Crippen LogP contribution < -0.4 is 10.1 Å². The quantitative estimate of drug-likeness (QED) is 0.598. The first-order chi connectivity index (χ1) is 10.3. The van der Waals surface area contributed by atoms with Crippen LogP contribution in [-0.4, -0.2) is 47.7 Å². The number of hydrogen-bond acceptors (Lipinski definition) is 5. The Morgan fingerprint density at radius 3 is 2.52 bits per heavy atom. The van der Waals surface area contributed by atoms with E-state index in [1.165, 1.54) is 5.56 Å². The summed E-state index contributed by atoms with van der Waals surface area (Å²) in [4.78, 5) is 0. The maximum absolute atomic E-state index is 5.69. The lowest BCUT2D eigenvalue weighted by Crippen LogP contribution is -2.07. The second kappa shape index (κ2) is 11.5. The summed E-state index contributed by atoms with van der Waals surface area (Å²) >= 11 is 0. The summed E-state index contributed by atoms with van der Waals surface area (Å²) in [5.41, 5.74) is 2.30. The molecule has 0 bridgehead atoms. The Hall–Kier alpha value is -1.14. The molecule has 1 N–H and O–H groups in total. The number of nitrogens with one attached hydrogen (secondary N) is 1. The molecule has 1 rings (SSSR count). The van der Waals surface area contributed by atoms with Crippen molar-refractivity contribution < 1.29 is 18.9 Å². The molecule has 21 heavy (non-hydrogen) atoms. The van der Waals surface area contributed by atoms with Gasteiger partial charge in [-0.2, -0.15) is 0 Å². The molecule has 0 aliphatic heterocycles. The highest BCUT2D eigenvalue weighted by Gasteiger charge is 2.04. The van der Waals surface area contributed by atoms with Crippen molar-refractivity contribution in [1.82, 2.24) is 5.32 Å². The Balaban J connectivity index is 2.28. The Kier molecular flexibility index (Phi) is 9.82. The van der Waals surface area contributed by atoms with Gasteiger partial charge in [0.1, 0.15) is 5.75 Å². The summed E-state index contributed by atoms with van der Waals surface area (Å²) in [6, 6.07) is 6.16. The first kappa shape index (κ1) is 17.9. The molecule has 0 amide bonds. The molecule has 1 aromatic carbocycles. The largest absolute Gasteiger partial charge is 0.496 e. The maximum atomic E-state index is 5.69. The Labute approximate surface area is 127 Å². The van der Waals surface area contributed by atoms with E-state index in [-0.39, 0.29) is 0 Å². The minimum absolute atomic E-state index is 0.554. The van der Waals surface area contributed by atoms with Crippen LogP contribution in [0.5, 0.6) is 5.75 Å². The first-order valence-corrected chi connectivity index (χ1v) is 7.26. The van der Waals surface area contributed by atoms with E-state index in [2.05, 4.69) is 17.4 Å². The van der Waals surface area contributed by atoms with Crippen molar-refractivity contribution in [2.75, 3.05) is 47.7 Å². The summed E-state index contributed by atoms with van der Waals surface area (Å²) in [5, 5.41) is 3.14. The fourth-order valence-electron chi connectivity index (χ4n) is 1.95. The van der Waals surface area contributed by atoms with Crippen LogP contribution in [0.15, 0.2) is 18.2 Å². The zero-order valence-electron chi connectivity index (χ0n) is 13.3. The average Bonchev–Trinajstić information content (AvgIpc) is 2.50. The summed E-state index contributed by atoms with van der Waals surface area (Å²) in [6.45, 7) is 4.03. The molecule has 120 valence electrons. The van der Waals surface area contributed by atoms with Crippen LogP contribution in [0.4, 0.5) is 0 Å². The molecule has 1 aromatic rings. The molecule has 0 heterocycles. The van der Waals surface area contributed by atoms with Gasteiger partial charge in [0.2, 0.25) is 0 Å². The van der Waals surface area contributed by atoms with Gasteiger partial charge in [0.15, 0.2) is 0 Å². The molecule has 5 heteroatoms. The van der Waals surface area contributed by atoms with Crippen LogP contribution in [-0.2, 0) is 27.4 Å². The van der Waals surface area contributed by atoms with Gasteiger partial charge in [-0.05, 0) is 31.2 Å². The van der Waals surface area contributed by atoms with Gasteiger partial charge < -0.3 is 24.3 Å². The Morgan fingerprint density at radius 2 is 1.81 bits per heavy atom. The highest BCUT2D eigenvalue weighted by Crippen LogP contribution is 2.20.